The van der Waals surface area contributed by atoms with Crippen LogP contribution in [0.1, 0.15) is 90.8 Å². The molecule has 64 heavy (non-hydrogen) atoms. The molecular weight excluding hydrogens is 847 g/mol. The van der Waals surface area contributed by atoms with Gasteiger partial charge in [-0.2, -0.15) is 0 Å². The lowest BCUT2D eigenvalue weighted by Gasteiger charge is -2.41. The van der Waals surface area contributed by atoms with Crippen molar-refractivity contribution < 1.29 is 23.2 Å². The summed E-state index contributed by atoms with van der Waals surface area (Å²) in [6.07, 6.45) is 5.70. The zero-order valence-corrected chi connectivity index (χ0v) is 37.2. The smallest absolute Gasteiger partial charge is 0.277 e. The van der Waals surface area contributed by atoms with Gasteiger partial charge in [-0.1, -0.05) is 60.7 Å². The molecule has 2 aromatic heterocycles. The first kappa shape index (κ1) is 42.5. The molecule has 2 amide bonds. The second-order valence-electron chi connectivity index (χ2n) is 17.5. The summed E-state index contributed by atoms with van der Waals surface area (Å²) in [4.78, 5) is 60.6. The fraction of sp³-hybridized carbons (Fsp3) is 0.353. The Balaban J connectivity index is 0.847. The SMILES string of the molecule is O=C(C(Cc1ccc(F)cc1)N1CCC(c2nc(C(=O)N3CCc4ccccc43)cs2)CC1)C(Cc1ccc(F)cc1)N1CCC(c2nc(C(=O)N3CCc4ccccc43)cs2)CC1. The molecule has 0 saturated carbocycles. The van der Waals surface area contributed by atoms with Gasteiger partial charge in [-0.05, 0) is 136 Å². The van der Waals surface area contributed by atoms with Gasteiger partial charge in [0.1, 0.15) is 23.0 Å². The van der Waals surface area contributed by atoms with Gasteiger partial charge in [0, 0.05) is 47.1 Å². The lowest BCUT2D eigenvalue weighted by molar-refractivity contribution is -0.130. The molecule has 4 aliphatic heterocycles. The highest BCUT2D eigenvalue weighted by atomic mass is 32.1. The highest BCUT2D eigenvalue weighted by Crippen LogP contribution is 2.37. The van der Waals surface area contributed by atoms with Crippen LogP contribution in [0.4, 0.5) is 20.2 Å². The maximum absolute atomic E-state index is 15.3. The van der Waals surface area contributed by atoms with Gasteiger partial charge >= 0.3 is 0 Å². The normalized spacial score (nSPS) is 18.2. The lowest BCUT2D eigenvalue weighted by atomic mass is 9.87. The maximum atomic E-state index is 15.3. The van der Waals surface area contributed by atoms with Gasteiger partial charge in [0.25, 0.3) is 11.8 Å². The van der Waals surface area contributed by atoms with E-state index in [1.807, 2.05) is 57.0 Å². The number of carbonyl (C=O) groups is 3. The number of fused-ring (bicyclic) bond motifs is 2. The van der Waals surface area contributed by atoms with Crippen LogP contribution in [0.2, 0.25) is 0 Å². The van der Waals surface area contributed by atoms with Crippen molar-refractivity contribution in [1.29, 1.82) is 0 Å². The first-order chi connectivity index (χ1) is 31.3. The van der Waals surface area contributed by atoms with Gasteiger partial charge in [0.05, 0.1) is 22.1 Å². The maximum Gasteiger partial charge on any atom is 0.277 e. The number of halogens is 2. The summed E-state index contributed by atoms with van der Waals surface area (Å²) >= 11 is 3.08. The van der Waals surface area contributed by atoms with Crippen molar-refractivity contribution in [3.05, 3.63) is 163 Å². The number of carbonyl (C=O) groups excluding carboxylic acids is 3. The van der Waals surface area contributed by atoms with E-state index in [1.54, 1.807) is 24.3 Å². The number of rotatable bonds is 12. The predicted molar refractivity (Wildman–Crippen MR) is 248 cm³/mol. The topological polar surface area (TPSA) is 90.0 Å². The van der Waals surface area contributed by atoms with E-state index in [-0.39, 0.29) is 41.1 Å². The molecule has 0 bridgehead atoms. The molecule has 0 spiro atoms. The molecule has 9 nitrogen and oxygen atoms in total. The van der Waals surface area contributed by atoms with Crippen LogP contribution >= 0.6 is 22.7 Å². The van der Waals surface area contributed by atoms with Gasteiger partial charge in [-0.3, -0.25) is 24.2 Å². The number of benzene rings is 4. The number of anilines is 2. The monoisotopic (exact) mass is 896 g/mol. The van der Waals surface area contributed by atoms with Crippen LogP contribution in [0.15, 0.2) is 108 Å². The molecule has 4 aromatic carbocycles. The molecule has 2 unspecified atom stereocenters. The molecule has 6 aromatic rings. The molecular formula is C51H50F2N6O3S2. The molecule has 2 saturated heterocycles. The summed E-state index contributed by atoms with van der Waals surface area (Å²) in [5.41, 5.74) is 7.01. The lowest BCUT2D eigenvalue weighted by Crippen LogP contribution is -2.55. The van der Waals surface area contributed by atoms with Gasteiger partial charge in [-0.15, -0.1) is 22.7 Å². The van der Waals surface area contributed by atoms with Gasteiger partial charge in [0.2, 0.25) is 0 Å². The number of ketones is 1. The van der Waals surface area contributed by atoms with Crippen molar-refractivity contribution in [3.63, 3.8) is 0 Å². The summed E-state index contributed by atoms with van der Waals surface area (Å²) in [5, 5.41) is 5.67. The zero-order chi connectivity index (χ0) is 43.7. The van der Waals surface area contributed by atoms with Crippen LogP contribution in [0.5, 0.6) is 0 Å². The van der Waals surface area contributed by atoms with E-state index in [0.717, 1.165) is 71.0 Å². The third kappa shape index (κ3) is 8.83. The first-order valence-corrected chi connectivity index (χ1v) is 24.2. The average molecular weight is 897 g/mol. The van der Waals surface area contributed by atoms with E-state index in [9.17, 15) is 18.4 Å². The average Bonchev–Trinajstić information content (AvgIpc) is 4.18. The van der Waals surface area contributed by atoms with Crippen LogP contribution in [0.3, 0.4) is 0 Å². The van der Waals surface area contributed by atoms with E-state index < -0.39 is 12.1 Å². The highest BCUT2D eigenvalue weighted by Gasteiger charge is 2.39. The van der Waals surface area contributed by atoms with Crippen LogP contribution in [0.25, 0.3) is 0 Å². The van der Waals surface area contributed by atoms with Crippen molar-refractivity contribution in [2.75, 3.05) is 49.1 Å². The Hall–Kier alpha value is -5.47. The standard InChI is InChI=1S/C51H50F2N6O3S2/c52-39-13-9-33(10-14-39)29-45(56-23-17-37(18-24-56)48-54-41(31-63-48)50(61)58-27-21-35-5-1-3-7-43(35)58)47(60)46(30-34-11-15-40(53)16-12-34)57-25-19-38(20-26-57)49-55-42(32-64-49)51(62)59-28-22-36-6-2-4-8-44(36)59/h1-16,31-32,37-38,45-46H,17-30H2. The summed E-state index contributed by atoms with van der Waals surface area (Å²) in [6.45, 7) is 3.98. The van der Waals surface area contributed by atoms with Gasteiger partial charge < -0.3 is 9.80 Å². The highest BCUT2D eigenvalue weighted by molar-refractivity contribution is 7.10. The minimum Gasteiger partial charge on any atom is -0.306 e. The summed E-state index contributed by atoms with van der Waals surface area (Å²) in [5.74, 6) is -0.348. The van der Waals surface area contributed by atoms with E-state index in [0.29, 0.717) is 63.5 Å². The number of likely N-dealkylation sites (tertiary alicyclic amines) is 2. The molecule has 2 fully saturated rings. The minimum absolute atomic E-state index is 0.0680. The summed E-state index contributed by atoms with van der Waals surface area (Å²) < 4.78 is 28.3. The number of nitrogens with zero attached hydrogens (tertiary/aromatic N) is 6. The number of aromatic nitrogens is 2. The van der Waals surface area contributed by atoms with E-state index in [4.69, 9.17) is 9.97 Å². The Kier molecular flexibility index (Phi) is 12.3. The van der Waals surface area contributed by atoms with E-state index in [1.165, 1.54) is 58.1 Å². The first-order valence-electron chi connectivity index (χ1n) is 22.5. The Bertz CT molecular complexity index is 2460. The number of hydrogen-bond donors (Lipinski definition) is 0. The third-order valence-corrected chi connectivity index (χ3v) is 15.7. The molecule has 4 aliphatic rings. The second kappa shape index (κ2) is 18.6. The third-order valence-electron chi connectivity index (χ3n) is 13.7. The molecule has 328 valence electrons. The summed E-state index contributed by atoms with van der Waals surface area (Å²) in [7, 11) is 0. The van der Waals surface area contributed by atoms with Gasteiger partial charge in [0.15, 0.2) is 5.78 Å². The van der Waals surface area contributed by atoms with E-state index in [2.05, 4.69) is 21.9 Å². The number of amides is 2. The van der Waals surface area contributed by atoms with Crippen molar-refractivity contribution in [2.45, 2.75) is 75.3 Å². The molecule has 0 radical (unpaired) electrons. The Morgan fingerprint density at radius 2 is 0.938 bits per heavy atom. The second-order valence-corrected chi connectivity index (χ2v) is 19.3. The molecule has 13 heteroatoms. The van der Waals surface area contributed by atoms with Crippen LogP contribution in [-0.4, -0.2) is 88.7 Å². The zero-order valence-electron chi connectivity index (χ0n) is 35.6. The Morgan fingerprint density at radius 3 is 1.34 bits per heavy atom. The van der Waals surface area contributed by atoms with E-state index >= 15 is 4.79 Å². The Labute approximate surface area is 380 Å². The molecule has 0 N–H and O–H groups in total. The van der Waals surface area contributed by atoms with Crippen LogP contribution in [0, 0.1) is 11.6 Å². The Morgan fingerprint density at radius 1 is 0.547 bits per heavy atom. The number of hydrogen-bond acceptors (Lipinski definition) is 9. The number of Topliss-reactive ketones (excluding diaryl/α,β-unsaturated/α-hetero) is 1. The van der Waals surface area contributed by atoms with Gasteiger partial charge in [-0.25, -0.2) is 18.7 Å². The minimum atomic E-state index is -0.471. The molecule has 0 aliphatic carbocycles. The van der Waals surface area contributed by atoms with Crippen molar-refractivity contribution in [1.82, 2.24) is 19.8 Å². The van der Waals surface area contributed by atoms with Crippen LogP contribution < -0.4 is 9.80 Å². The van der Waals surface area contributed by atoms with Crippen LogP contribution in [-0.2, 0) is 30.5 Å². The molecule has 10 rings (SSSR count). The number of thiazole rings is 2. The van der Waals surface area contributed by atoms with Crippen molar-refractivity contribution >= 4 is 51.6 Å². The van der Waals surface area contributed by atoms with Crippen molar-refractivity contribution in [3.8, 4) is 0 Å². The number of para-hydroxylation sites is 2. The summed E-state index contributed by atoms with van der Waals surface area (Å²) in [6, 6.07) is 28.0. The fourth-order valence-electron chi connectivity index (χ4n) is 10.2. The molecule has 2 atom stereocenters. The fourth-order valence-corrected chi connectivity index (χ4v) is 12.1. The largest absolute Gasteiger partial charge is 0.306 e. The predicted octanol–water partition coefficient (Wildman–Crippen LogP) is 9.13. The van der Waals surface area contributed by atoms with Crippen molar-refractivity contribution in [2.24, 2.45) is 0 Å². The number of piperidine rings is 2. The molecule has 6 heterocycles. The quantitative estimate of drug-likeness (QED) is 0.121.